The fourth-order valence-corrected chi connectivity index (χ4v) is 3.83. The summed E-state index contributed by atoms with van der Waals surface area (Å²) in [5, 5.41) is 14.2. The lowest BCUT2D eigenvalue weighted by Crippen LogP contribution is -2.23. The van der Waals surface area contributed by atoms with Crippen LogP contribution in [-0.2, 0) is 11.2 Å². The second-order valence-corrected chi connectivity index (χ2v) is 8.27. The molecule has 2 aromatic rings. The Hall–Kier alpha value is -1.82. The molecule has 0 radical (unpaired) electrons. The minimum Gasteiger partial charge on any atom is -0.390 e. The average molecular weight is 378 g/mol. The Morgan fingerprint density at radius 3 is 2.67 bits per heavy atom. The Labute approximate surface area is 158 Å². The molecular weight excluding hydrogens is 350 g/mol. The van der Waals surface area contributed by atoms with Crippen LogP contribution in [0, 0.1) is 0 Å². The minimum absolute atomic E-state index is 0.0525. The van der Waals surface area contributed by atoms with Gasteiger partial charge in [0.25, 0.3) is 6.43 Å². The van der Waals surface area contributed by atoms with Crippen LogP contribution in [-0.4, -0.2) is 26.1 Å². The maximum absolute atomic E-state index is 13.3. The molecule has 148 valence electrons. The van der Waals surface area contributed by atoms with Crippen molar-refractivity contribution < 1.29 is 18.7 Å². The number of carbonyl (C=O) groups excluding carboxylic acids is 1. The zero-order valence-corrected chi connectivity index (χ0v) is 16.0. The van der Waals surface area contributed by atoms with Gasteiger partial charge < -0.3 is 5.11 Å². The first-order valence-electron chi connectivity index (χ1n) is 9.79. The number of aryl methyl sites for hydroxylation is 1. The third-order valence-electron chi connectivity index (χ3n) is 5.29. The lowest BCUT2D eigenvalue weighted by molar-refractivity contribution is -0.122. The normalized spacial score (nSPS) is 15.5. The van der Waals surface area contributed by atoms with Crippen LogP contribution in [0.15, 0.2) is 18.2 Å². The number of alkyl halides is 2. The van der Waals surface area contributed by atoms with E-state index in [1.54, 1.807) is 19.9 Å². The first-order chi connectivity index (χ1) is 12.8. The molecule has 0 amide bonds. The summed E-state index contributed by atoms with van der Waals surface area (Å²) in [6.45, 7) is 3.26. The summed E-state index contributed by atoms with van der Waals surface area (Å²) in [5.41, 5.74) is 1.77. The fourth-order valence-electron chi connectivity index (χ4n) is 3.83. The molecule has 0 aliphatic heterocycles. The summed E-state index contributed by atoms with van der Waals surface area (Å²) in [5.74, 6) is 0.457. The van der Waals surface area contributed by atoms with Crippen molar-refractivity contribution in [2.75, 3.05) is 0 Å². The van der Waals surface area contributed by atoms with Crippen molar-refractivity contribution in [2.45, 2.75) is 83.2 Å². The van der Waals surface area contributed by atoms with Crippen molar-refractivity contribution in [3.8, 4) is 0 Å². The van der Waals surface area contributed by atoms with Crippen molar-refractivity contribution in [3.63, 3.8) is 0 Å². The quantitative estimate of drug-likeness (QED) is 0.626. The van der Waals surface area contributed by atoms with Gasteiger partial charge in [0, 0.05) is 18.4 Å². The molecule has 3 rings (SSSR count). The van der Waals surface area contributed by atoms with Crippen LogP contribution in [0.4, 0.5) is 8.78 Å². The largest absolute Gasteiger partial charge is 0.390 e. The molecule has 0 saturated heterocycles. The number of rotatable bonds is 9. The van der Waals surface area contributed by atoms with E-state index in [-0.39, 0.29) is 17.9 Å². The molecule has 1 aliphatic rings. The highest BCUT2D eigenvalue weighted by molar-refractivity contribution is 5.79. The summed E-state index contributed by atoms with van der Waals surface area (Å²) in [6, 6.07) is 4.98. The smallest absolute Gasteiger partial charge is 0.280 e. The van der Waals surface area contributed by atoms with Gasteiger partial charge in [-0.05, 0) is 64.0 Å². The third kappa shape index (κ3) is 4.72. The van der Waals surface area contributed by atoms with Crippen LogP contribution in [0.2, 0.25) is 0 Å². The number of nitrogens with zero attached hydrogens (tertiary/aromatic N) is 2. The molecule has 0 aromatic carbocycles. The summed E-state index contributed by atoms with van der Waals surface area (Å²) in [7, 11) is 0. The molecule has 4 nitrogen and oxygen atoms in total. The number of pyridine rings is 1. The lowest BCUT2D eigenvalue weighted by Gasteiger charge is -2.26. The van der Waals surface area contributed by atoms with E-state index in [9.17, 15) is 18.7 Å². The van der Waals surface area contributed by atoms with Crippen LogP contribution in [0.1, 0.15) is 88.1 Å². The van der Waals surface area contributed by atoms with Crippen molar-refractivity contribution >= 4 is 11.3 Å². The van der Waals surface area contributed by atoms with Gasteiger partial charge in [-0.3, -0.25) is 4.79 Å². The van der Waals surface area contributed by atoms with Gasteiger partial charge in [0.2, 0.25) is 0 Å². The predicted octanol–water partition coefficient (Wildman–Crippen LogP) is 4.98. The number of hydrogen-bond donors (Lipinski definition) is 1. The van der Waals surface area contributed by atoms with Crippen LogP contribution in [0.25, 0.3) is 5.52 Å². The van der Waals surface area contributed by atoms with Gasteiger partial charge in [-0.15, -0.1) is 0 Å². The van der Waals surface area contributed by atoms with Gasteiger partial charge in [-0.1, -0.05) is 12.5 Å². The predicted molar refractivity (Wildman–Crippen MR) is 100 cm³/mol. The highest BCUT2D eigenvalue weighted by Gasteiger charge is 2.28. The van der Waals surface area contributed by atoms with Gasteiger partial charge in [-0.2, -0.15) is 5.10 Å². The fraction of sp³-hybridized carbons (Fsp3) is 0.619. The number of unbranched alkanes of at least 4 members (excludes halogenated alkanes) is 1. The molecule has 27 heavy (non-hydrogen) atoms. The van der Waals surface area contributed by atoms with Crippen LogP contribution in [0.3, 0.4) is 0 Å². The van der Waals surface area contributed by atoms with E-state index >= 15 is 0 Å². The Balaban J connectivity index is 1.72. The topological polar surface area (TPSA) is 54.6 Å². The summed E-state index contributed by atoms with van der Waals surface area (Å²) in [6.07, 6.45) is 3.54. The lowest BCUT2D eigenvalue weighted by atomic mass is 9.79. The van der Waals surface area contributed by atoms with E-state index < -0.39 is 12.0 Å². The van der Waals surface area contributed by atoms with Gasteiger partial charge in [-0.25, -0.2) is 13.3 Å². The third-order valence-corrected chi connectivity index (χ3v) is 5.29. The van der Waals surface area contributed by atoms with E-state index in [0.29, 0.717) is 25.2 Å². The molecule has 6 heteroatoms. The number of halogens is 2. The first-order valence-corrected chi connectivity index (χ1v) is 9.79. The Morgan fingerprint density at radius 1 is 1.33 bits per heavy atom. The number of fused-ring (bicyclic) bond motifs is 1. The Kier molecular flexibility index (Phi) is 5.94. The zero-order valence-electron chi connectivity index (χ0n) is 16.0. The van der Waals surface area contributed by atoms with E-state index in [2.05, 4.69) is 5.10 Å². The maximum Gasteiger partial charge on any atom is 0.280 e. The molecule has 1 fully saturated rings. The summed E-state index contributed by atoms with van der Waals surface area (Å²) >= 11 is 0. The molecule has 2 aromatic heterocycles. The zero-order chi connectivity index (χ0) is 19.6. The number of hydrogen-bond acceptors (Lipinski definition) is 3. The van der Waals surface area contributed by atoms with Gasteiger partial charge in [0.05, 0.1) is 16.8 Å². The van der Waals surface area contributed by atoms with Crippen molar-refractivity contribution in [2.24, 2.45) is 0 Å². The monoisotopic (exact) mass is 378 g/mol. The maximum atomic E-state index is 13.3. The molecule has 1 aliphatic carbocycles. The van der Waals surface area contributed by atoms with E-state index in [1.165, 1.54) is 17.0 Å². The molecule has 0 atom stereocenters. The first kappa shape index (κ1) is 19.9. The van der Waals surface area contributed by atoms with Crippen molar-refractivity contribution in [1.29, 1.82) is 0 Å². The molecule has 0 unspecified atom stereocenters. The van der Waals surface area contributed by atoms with E-state index in [1.807, 2.05) is 6.07 Å². The standard InChI is InChI=1S/C21H28F2N2O2/c1-21(2,27)13-15(26)9-3-4-10-16-19(14-7-5-8-14)17-11-6-12-18(20(22)23)25(17)24-16/h6,11-12,14,20,27H,3-5,7-10,13H2,1-2H3. The average Bonchev–Trinajstić information content (AvgIpc) is 2.86. The molecule has 1 saturated carbocycles. The SMILES string of the molecule is CC(C)(O)CC(=O)CCCCc1nn2c(C(F)F)cccc2c1C1CCC1. The summed E-state index contributed by atoms with van der Waals surface area (Å²) < 4.78 is 28.1. The van der Waals surface area contributed by atoms with Gasteiger partial charge in [0.15, 0.2) is 0 Å². The molecule has 2 heterocycles. The molecular formula is C21H28F2N2O2. The molecule has 0 bridgehead atoms. The van der Waals surface area contributed by atoms with Gasteiger partial charge in [0.1, 0.15) is 11.5 Å². The highest BCUT2D eigenvalue weighted by Crippen LogP contribution is 2.41. The second kappa shape index (κ2) is 8.05. The Morgan fingerprint density at radius 2 is 2.07 bits per heavy atom. The van der Waals surface area contributed by atoms with E-state index in [4.69, 9.17) is 0 Å². The van der Waals surface area contributed by atoms with Crippen molar-refractivity contribution in [3.05, 3.63) is 35.2 Å². The van der Waals surface area contributed by atoms with Crippen LogP contribution in [0.5, 0.6) is 0 Å². The number of ketones is 1. The van der Waals surface area contributed by atoms with Crippen molar-refractivity contribution in [1.82, 2.24) is 9.61 Å². The van der Waals surface area contributed by atoms with Crippen LogP contribution < -0.4 is 0 Å². The number of aliphatic hydroxyl groups is 1. The molecule has 1 N–H and O–H groups in total. The number of aromatic nitrogens is 2. The summed E-state index contributed by atoms with van der Waals surface area (Å²) in [4.78, 5) is 11.9. The number of Topliss-reactive ketones (excluding diaryl/α,β-unsaturated/α-hetero) is 1. The molecule has 0 spiro atoms. The van der Waals surface area contributed by atoms with E-state index in [0.717, 1.165) is 36.0 Å². The minimum atomic E-state index is -2.56. The Bertz CT molecular complexity index is 804. The van der Waals surface area contributed by atoms with Gasteiger partial charge >= 0.3 is 0 Å². The van der Waals surface area contributed by atoms with Crippen LogP contribution >= 0.6 is 0 Å². The highest BCUT2D eigenvalue weighted by atomic mass is 19.3. The second-order valence-electron chi connectivity index (χ2n) is 8.27. The number of carbonyl (C=O) groups is 1.